The molecule has 0 aliphatic carbocycles. The first-order valence-electron chi connectivity index (χ1n) is 9.58. The molecule has 0 radical (unpaired) electrons. The van der Waals surface area contributed by atoms with Crippen molar-refractivity contribution in [2.24, 2.45) is 5.92 Å². The highest BCUT2D eigenvalue weighted by molar-refractivity contribution is 7.17. The van der Waals surface area contributed by atoms with Gasteiger partial charge in [-0.25, -0.2) is 0 Å². The summed E-state index contributed by atoms with van der Waals surface area (Å²) in [6, 6.07) is 11.8. The summed E-state index contributed by atoms with van der Waals surface area (Å²) in [5, 5.41) is 6.13. The molecule has 6 heteroatoms. The number of hydrogen-bond donors (Lipinski definition) is 1. The third kappa shape index (κ3) is 3.78. The third-order valence-electron chi connectivity index (χ3n) is 5.35. The van der Waals surface area contributed by atoms with E-state index in [1.54, 1.807) is 30.5 Å². The number of amides is 2. The molecule has 2 amide bonds. The topological polar surface area (TPSA) is 62.3 Å². The molecule has 0 saturated carbocycles. The maximum Gasteiger partial charge on any atom is 0.269 e. The van der Waals surface area contributed by atoms with Crippen molar-refractivity contribution in [1.29, 1.82) is 0 Å². The number of likely N-dealkylation sites (tertiary alicyclic amines) is 1. The summed E-state index contributed by atoms with van der Waals surface area (Å²) < 4.78 is 1.32. The minimum absolute atomic E-state index is 0.00386. The van der Waals surface area contributed by atoms with Crippen molar-refractivity contribution in [1.82, 2.24) is 15.2 Å². The fourth-order valence-corrected chi connectivity index (χ4v) is 4.86. The van der Waals surface area contributed by atoms with Gasteiger partial charge in [0.05, 0.1) is 5.56 Å². The normalized spacial score (nSPS) is 16.9. The number of aromatic nitrogens is 1. The molecular weight excluding hydrogens is 370 g/mol. The number of carbonyl (C=O) groups excluding carboxylic acids is 2. The molecule has 1 atom stereocenters. The molecule has 2 aromatic heterocycles. The highest BCUT2D eigenvalue weighted by atomic mass is 32.1. The molecule has 1 aromatic carbocycles. The molecule has 1 aliphatic heterocycles. The minimum atomic E-state index is -0.250. The molecule has 4 rings (SSSR count). The molecular formula is C22H23N3O2S. The van der Waals surface area contributed by atoms with Crippen LogP contribution in [-0.2, 0) is 6.42 Å². The number of nitrogens with zero attached hydrogens (tertiary/aromatic N) is 2. The average molecular weight is 394 g/mol. The molecule has 3 heterocycles. The van der Waals surface area contributed by atoms with Gasteiger partial charge < -0.3 is 10.2 Å². The van der Waals surface area contributed by atoms with E-state index < -0.39 is 0 Å². The Bertz CT molecular complexity index is 996. The summed E-state index contributed by atoms with van der Waals surface area (Å²) in [5.41, 5.74) is 2.24. The molecule has 1 fully saturated rings. The van der Waals surface area contributed by atoms with Gasteiger partial charge in [0.15, 0.2) is 0 Å². The lowest BCUT2D eigenvalue weighted by atomic mass is 9.91. The van der Waals surface area contributed by atoms with Crippen molar-refractivity contribution in [3.05, 3.63) is 64.8 Å². The van der Waals surface area contributed by atoms with Crippen molar-refractivity contribution in [3.8, 4) is 0 Å². The van der Waals surface area contributed by atoms with E-state index in [-0.39, 0.29) is 11.8 Å². The zero-order valence-corrected chi connectivity index (χ0v) is 16.7. The third-order valence-corrected chi connectivity index (χ3v) is 6.36. The van der Waals surface area contributed by atoms with E-state index in [2.05, 4.69) is 39.9 Å². The highest BCUT2D eigenvalue weighted by Crippen LogP contribution is 2.30. The number of fused-ring (bicyclic) bond motifs is 1. The number of benzene rings is 1. The Balaban J connectivity index is 1.44. The first-order valence-corrected chi connectivity index (χ1v) is 10.5. The number of rotatable bonds is 4. The van der Waals surface area contributed by atoms with Gasteiger partial charge in [0, 0.05) is 31.0 Å². The van der Waals surface area contributed by atoms with Crippen LogP contribution in [0.15, 0.2) is 48.0 Å². The van der Waals surface area contributed by atoms with Crippen LogP contribution in [0.1, 0.15) is 39.3 Å². The van der Waals surface area contributed by atoms with Crippen LogP contribution in [0.5, 0.6) is 0 Å². The second-order valence-electron chi connectivity index (χ2n) is 7.23. The molecule has 3 aromatic rings. The van der Waals surface area contributed by atoms with Crippen LogP contribution in [0.25, 0.3) is 10.1 Å². The summed E-state index contributed by atoms with van der Waals surface area (Å²) in [6.07, 6.45) is 4.66. The molecule has 1 N–H and O–H groups in total. The van der Waals surface area contributed by atoms with E-state index in [1.165, 1.54) is 21.8 Å². The monoisotopic (exact) mass is 393 g/mol. The van der Waals surface area contributed by atoms with E-state index in [9.17, 15) is 9.59 Å². The number of piperidine rings is 1. The Morgan fingerprint density at radius 2 is 2.11 bits per heavy atom. The van der Waals surface area contributed by atoms with Crippen molar-refractivity contribution in [3.63, 3.8) is 0 Å². The first-order chi connectivity index (χ1) is 13.7. The number of hydrogen-bond acceptors (Lipinski definition) is 4. The smallest absolute Gasteiger partial charge is 0.269 e. The predicted octanol–water partition coefficient (Wildman–Crippen LogP) is 3.75. The van der Waals surface area contributed by atoms with E-state index >= 15 is 0 Å². The fourth-order valence-electron chi connectivity index (χ4n) is 3.88. The van der Waals surface area contributed by atoms with Gasteiger partial charge >= 0.3 is 0 Å². The zero-order valence-electron chi connectivity index (χ0n) is 15.9. The van der Waals surface area contributed by atoms with Gasteiger partial charge in [-0.2, -0.15) is 0 Å². The largest absolute Gasteiger partial charge is 0.354 e. The van der Waals surface area contributed by atoms with E-state index in [0.29, 0.717) is 17.2 Å². The van der Waals surface area contributed by atoms with Crippen LogP contribution in [0, 0.1) is 5.92 Å². The van der Waals surface area contributed by atoms with Gasteiger partial charge in [-0.15, -0.1) is 11.3 Å². The van der Waals surface area contributed by atoms with Crippen LogP contribution in [-0.4, -0.2) is 41.8 Å². The zero-order chi connectivity index (χ0) is 19.5. The van der Waals surface area contributed by atoms with Crippen LogP contribution >= 0.6 is 11.3 Å². The second kappa shape index (κ2) is 8.10. The summed E-state index contributed by atoms with van der Waals surface area (Å²) in [7, 11) is 1.56. The van der Waals surface area contributed by atoms with Gasteiger partial charge in [0.1, 0.15) is 5.69 Å². The average Bonchev–Trinajstić information content (AvgIpc) is 3.16. The van der Waals surface area contributed by atoms with Crippen molar-refractivity contribution in [2.45, 2.75) is 19.3 Å². The summed E-state index contributed by atoms with van der Waals surface area (Å²) in [4.78, 5) is 30.6. The molecule has 144 valence electrons. The highest BCUT2D eigenvalue weighted by Gasteiger charge is 2.25. The lowest BCUT2D eigenvalue weighted by Crippen LogP contribution is -2.40. The van der Waals surface area contributed by atoms with E-state index in [4.69, 9.17) is 0 Å². The standard InChI is InChI=1S/C22H23N3O2S/c1-23-21(26)19-9-8-16(12-24-19)22(27)25-10-4-5-15(13-25)11-17-14-28-20-7-3-2-6-18(17)20/h2-3,6-9,12,14-15H,4-5,10-11,13H2,1H3,(H,23,26)/t15-/m1/s1. The second-order valence-corrected chi connectivity index (χ2v) is 8.14. The van der Waals surface area contributed by atoms with Crippen molar-refractivity contribution >= 4 is 33.2 Å². The molecule has 0 unspecified atom stereocenters. The van der Waals surface area contributed by atoms with Gasteiger partial charge in [-0.1, -0.05) is 18.2 Å². The SMILES string of the molecule is CNC(=O)c1ccc(C(=O)N2CCC[C@H](Cc3csc4ccccc34)C2)cn1. The van der Waals surface area contributed by atoms with Crippen LogP contribution < -0.4 is 5.32 Å². The Morgan fingerprint density at radius 3 is 2.89 bits per heavy atom. The molecule has 28 heavy (non-hydrogen) atoms. The Labute approximate surface area is 168 Å². The Morgan fingerprint density at radius 1 is 1.25 bits per heavy atom. The van der Waals surface area contributed by atoms with Gasteiger partial charge in [-0.05, 0) is 59.7 Å². The summed E-state index contributed by atoms with van der Waals surface area (Å²) >= 11 is 1.79. The van der Waals surface area contributed by atoms with Crippen molar-refractivity contribution in [2.75, 3.05) is 20.1 Å². The summed E-state index contributed by atoms with van der Waals surface area (Å²) in [6.45, 7) is 1.54. The lowest BCUT2D eigenvalue weighted by molar-refractivity contribution is 0.0672. The van der Waals surface area contributed by atoms with Crippen molar-refractivity contribution < 1.29 is 9.59 Å². The summed E-state index contributed by atoms with van der Waals surface area (Å²) in [5.74, 6) is 0.213. The maximum atomic E-state index is 12.9. The number of carbonyl (C=O) groups is 2. The quantitative estimate of drug-likeness (QED) is 0.734. The van der Waals surface area contributed by atoms with Gasteiger partial charge in [0.25, 0.3) is 11.8 Å². The van der Waals surface area contributed by atoms with Gasteiger partial charge in [0.2, 0.25) is 0 Å². The molecule has 0 spiro atoms. The predicted molar refractivity (Wildman–Crippen MR) is 112 cm³/mol. The number of nitrogens with one attached hydrogen (secondary N) is 1. The van der Waals surface area contributed by atoms with E-state index in [1.807, 2.05) is 4.90 Å². The minimum Gasteiger partial charge on any atom is -0.354 e. The van der Waals surface area contributed by atoms with Crippen LogP contribution in [0.4, 0.5) is 0 Å². The van der Waals surface area contributed by atoms with Gasteiger partial charge in [-0.3, -0.25) is 14.6 Å². The maximum absolute atomic E-state index is 12.9. The van der Waals surface area contributed by atoms with Crippen LogP contribution in [0.2, 0.25) is 0 Å². The fraction of sp³-hybridized carbons (Fsp3) is 0.318. The Kier molecular flexibility index (Phi) is 5.39. The molecule has 1 aliphatic rings. The number of pyridine rings is 1. The number of thiophene rings is 1. The Hall–Kier alpha value is -2.73. The molecule has 1 saturated heterocycles. The molecule has 0 bridgehead atoms. The lowest BCUT2D eigenvalue weighted by Gasteiger charge is -2.33. The van der Waals surface area contributed by atoms with Crippen LogP contribution in [0.3, 0.4) is 0 Å². The molecule has 5 nitrogen and oxygen atoms in total. The first kappa shape index (κ1) is 18.6. The van der Waals surface area contributed by atoms with E-state index in [0.717, 1.165) is 32.4 Å².